The maximum absolute atomic E-state index is 14.2. The van der Waals surface area contributed by atoms with Crippen LogP contribution in [0.5, 0.6) is 0 Å². The van der Waals surface area contributed by atoms with E-state index in [9.17, 15) is 29.1 Å². The van der Waals surface area contributed by atoms with E-state index in [2.05, 4.69) is 27.8 Å². The lowest BCUT2D eigenvalue weighted by atomic mass is 9.85. The van der Waals surface area contributed by atoms with Crippen molar-refractivity contribution in [3.05, 3.63) is 84.4 Å². The molecule has 1 fully saturated rings. The van der Waals surface area contributed by atoms with Gasteiger partial charge in [-0.1, -0.05) is 101 Å². The Hall–Kier alpha value is -4.16. The van der Waals surface area contributed by atoms with Crippen LogP contribution in [0.3, 0.4) is 0 Å². The van der Waals surface area contributed by atoms with Crippen molar-refractivity contribution in [1.82, 2.24) is 26.2 Å². The molecule has 1 saturated heterocycles. The van der Waals surface area contributed by atoms with Gasteiger partial charge < -0.3 is 31.3 Å². The number of amides is 5. The van der Waals surface area contributed by atoms with Crippen LogP contribution in [0.2, 0.25) is 0 Å². The highest BCUT2D eigenvalue weighted by atomic mass is 32.2. The number of aliphatic hydroxyl groups is 1. The molecular weight excluding hydrogens is 679 g/mol. The topological polar surface area (TPSA) is 157 Å². The van der Waals surface area contributed by atoms with Crippen molar-refractivity contribution in [2.24, 2.45) is 11.3 Å². The summed E-state index contributed by atoms with van der Waals surface area (Å²) in [5.74, 6) is -2.18. The highest BCUT2D eigenvalue weighted by Gasteiger charge is 2.50. The van der Waals surface area contributed by atoms with Gasteiger partial charge in [0.05, 0.1) is 11.9 Å². The van der Waals surface area contributed by atoms with Crippen LogP contribution in [0, 0.1) is 11.3 Å². The molecule has 284 valence electrons. The summed E-state index contributed by atoms with van der Waals surface area (Å²) in [6, 6.07) is 13.6. The van der Waals surface area contributed by atoms with Gasteiger partial charge >= 0.3 is 0 Å². The molecule has 1 heterocycles. The van der Waals surface area contributed by atoms with E-state index in [1.165, 1.54) is 16.7 Å². The number of benzene rings is 2. The summed E-state index contributed by atoms with van der Waals surface area (Å²) in [6.45, 7) is 18.7. The number of nitrogens with zero attached hydrogens (tertiary/aromatic N) is 1. The third kappa shape index (κ3) is 11.4. The summed E-state index contributed by atoms with van der Waals surface area (Å²) < 4.78 is -0.633. The molecule has 3 rings (SSSR count). The third-order valence-electron chi connectivity index (χ3n) is 9.40. The molecule has 5 N–H and O–H groups in total. The van der Waals surface area contributed by atoms with Crippen LogP contribution in [0.25, 0.3) is 0 Å². The van der Waals surface area contributed by atoms with Crippen molar-refractivity contribution < 1.29 is 29.1 Å². The summed E-state index contributed by atoms with van der Waals surface area (Å²) in [5, 5.41) is 23.3. The molecule has 0 radical (unpaired) electrons. The molecule has 0 spiro atoms. The molecule has 0 aliphatic carbocycles. The predicted octanol–water partition coefficient (Wildman–Crippen LogP) is 4.27. The van der Waals surface area contributed by atoms with Gasteiger partial charge in [0.25, 0.3) is 5.91 Å². The number of hydrogen-bond donors (Lipinski definition) is 5. The summed E-state index contributed by atoms with van der Waals surface area (Å²) in [7, 11) is 0. The monoisotopic (exact) mass is 735 g/mol. The molecule has 2 aromatic carbocycles. The van der Waals surface area contributed by atoms with E-state index in [1.54, 1.807) is 57.2 Å². The van der Waals surface area contributed by atoms with Gasteiger partial charge in [-0.2, -0.15) is 0 Å². The lowest BCUT2D eigenvalue weighted by molar-refractivity contribution is -0.148. The molecular formula is C40H57N5O6S. The lowest BCUT2D eigenvalue weighted by Crippen LogP contribution is -2.62. The lowest BCUT2D eigenvalue weighted by Gasteiger charge is -2.36. The quantitative estimate of drug-likeness (QED) is 0.161. The normalized spacial score (nSPS) is 18.3. The Bertz CT molecular complexity index is 1540. The average molecular weight is 736 g/mol. The Morgan fingerprint density at radius 1 is 0.923 bits per heavy atom. The Kier molecular flexibility index (Phi) is 15.1. The maximum Gasteiger partial charge on any atom is 0.254 e. The van der Waals surface area contributed by atoms with Gasteiger partial charge in [0.1, 0.15) is 18.1 Å². The van der Waals surface area contributed by atoms with E-state index in [1.807, 2.05) is 65.0 Å². The van der Waals surface area contributed by atoms with Crippen molar-refractivity contribution in [3.63, 3.8) is 0 Å². The zero-order chi connectivity index (χ0) is 38.8. The second-order valence-corrected chi connectivity index (χ2v) is 17.0. The molecule has 12 heteroatoms. The first-order valence-electron chi connectivity index (χ1n) is 17.9. The molecule has 52 heavy (non-hydrogen) atoms. The zero-order valence-corrected chi connectivity index (χ0v) is 32.6. The van der Waals surface area contributed by atoms with Crippen LogP contribution in [0.4, 0.5) is 0 Å². The van der Waals surface area contributed by atoms with Crippen molar-refractivity contribution in [2.45, 2.75) is 116 Å². The van der Waals surface area contributed by atoms with Gasteiger partial charge in [-0.25, -0.2) is 0 Å². The second-order valence-electron chi connectivity index (χ2n) is 15.4. The molecule has 1 aliphatic heterocycles. The maximum atomic E-state index is 14.2. The molecule has 1 unspecified atom stereocenters. The second kappa shape index (κ2) is 18.6. The van der Waals surface area contributed by atoms with Crippen LogP contribution in [0.15, 0.2) is 73.3 Å². The van der Waals surface area contributed by atoms with Gasteiger partial charge in [0, 0.05) is 17.2 Å². The van der Waals surface area contributed by atoms with Crippen molar-refractivity contribution in [3.8, 4) is 0 Å². The fourth-order valence-electron chi connectivity index (χ4n) is 5.91. The molecule has 0 bridgehead atoms. The van der Waals surface area contributed by atoms with Crippen molar-refractivity contribution in [2.75, 3.05) is 5.88 Å². The zero-order valence-electron chi connectivity index (χ0n) is 31.8. The Morgan fingerprint density at radius 3 is 2.08 bits per heavy atom. The van der Waals surface area contributed by atoms with Crippen LogP contribution in [-0.4, -0.2) is 80.4 Å². The number of carbonyl (C=O) groups is 5. The fraction of sp³-hybridized carbons (Fsp3) is 0.525. The molecule has 1 aliphatic rings. The summed E-state index contributed by atoms with van der Waals surface area (Å²) >= 11 is 1.44. The van der Waals surface area contributed by atoms with Crippen molar-refractivity contribution >= 4 is 41.3 Å². The fourth-order valence-corrected chi connectivity index (χ4v) is 7.05. The van der Waals surface area contributed by atoms with E-state index in [0.717, 1.165) is 5.56 Å². The van der Waals surface area contributed by atoms with Gasteiger partial charge in [0.2, 0.25) is 23.6 Å². The SMILES string of the molecule is C=CCCC(=O)N[C@H](C(=O)N[C@H](C(=O)N[C@@H](Cc1ccccc1)[C@H](O)C(=O)N1CSC(C)(C)[C@H]1C(=O)NC(C)C(C)C)C(C)(C)C)c1ccccc1. The average Bonchev–Trinajstić information content (AvgIpc) is 3.42. The minimum Gasteiger partial charge on any atom is -0.381 e. The summed E-state index contributed by atoms with van der Waals surface area (Å²) in [5.41, 5.74) is 0.473. The number of rotatable bonds is 16. The first-order chi connectivity index (χ1) is 24.4. The third-order valence-corrected chi connectivity index (χ3v) is 10.8. The molecule has 0 saturated carbocycles. The smallest absolute Gasteiger partial charge is 0.254 e. The van der Waals surface area contributed by atoms with Gasteiger partial charge in [0.15, 0.2) is 6.10 Å². The van der Waals surface area contributed by atoms with Crippen LogP contribution in [-0.2, 0) is 30.4 Å². The highest BCUT2D eigenvalue weighted by molar-refractivity contribution is 8.00. The van der Waals surface area contributed by atoms with Crippen LogP contribution < -0.4 is 21.3 Å². The van der Waals surface area contributed by atoms with E-state index in [-0.39, 0.29) is 42.5 Å². The number of nitrogens with one attached hydrogen (secondary N) is 4. The first-order valence-corrected chi connectivity index (χ1v) is 18.9. The van der Waals surface area contributed by atoms with E-state index in [0.29, 0.717) is 12.0 Å². The number of thioether (sulfide) groups is 1. The molecule has 5 amide bonds. The van der Waals surface area contributed by atoms with Gasteiger partial charge in [-0.3, -0.25) is 24.0 Å². The number of carbonyl (C=O) groups excluding carboxylic acids is 5. The minimum atomic E-state index is -1.71. The molecule has 2 aromatic rings. The molecule has 6 atom stereocenters. The molecule has 0 aromatic heterocycles. The Balaban J connectivity index is 1.92. The van der Waals surface area contributed by atoms with Crippen LogP contribution >= 0.6 is 11.8 Å². The van der Waals surface area contributed by atoms with Gasteiger partial charge in [-0.05, 0) is 56.1 Å². The van der Waals surface area contributed by atoms with E-state index >= 15 is 0 Å². The largest absolute Gasteiger partial charge is 0.381 e. The number of hydrogen-bond acceptors (Lipinski definition) is 7. The van der Waals surface area contributed by atoms with Crippen LogP contribution in [0.1, 0.15) is 85.4 Å². The Labute approximate surface area is 313 Å². The van der Waals surface area contributed by atoms with Gasteiger partial charge in [-0.15, -0.1) is 18.3 Å². The van der Waals surface area contributed by atoms with E-state index < -0.39 is 58.2 Å². The summed E-state index contributed by atoms with van der Waals surface area (Å²) in [6.07, 6.45) is 0.578. The molecule has 11 nitrogen and oxygen atoms in total. The summed E-state index contributed by atoms with van der Waals surface area (Å²) in [4.78, 5) is 70.0. The standard InChI is InChI=1S/C40H57N5O6S/c1-10-11-22-30(46)43-31(28-20-16-13-17-21-28)35(48)44-33(39(5,6)7)36(49)42-29(23-27-18-14-12-15-19-27)32(47)38(51)45-24-52-40(8,9)34(45)37(50)41-26(4)25(2)3/h10,12-21,25-26,29,31-34,47H,1,11,22-24H2,2-9H3,(H,41,50)(H,42,49)(H,43,46)(H,44,48)/t26?,29-,31-,32-,33+,34+/m0/s1. The minimum absolute atomic E-state index is 0.0991. The van der Waals surface area contributed by atoms with E-state index in [4.69, 9.17) is 0 Å². The number of aliphatic hydroxyl groups excluding tert-OH is 1. The highest BCUT2D eigenvalue weighted by Crippen LogP contribution is 2.40. The van der Waals surface area contributed by atoms with Crippen molar-refractivity contribution in [1.29, 1.82) is 0 Å². The Morgan fingerprint density at radius 2 is 1.52 bits per heavy atom. The number of allylic oxidation sites excluding steroid dienone is 1. The predicted molar refractivity (Wildman–Crippen MR) is 206 cm³/mol. The first kappa shape index (κ1) is 42.3.